The summed E-state index contributed by atoms with van der Waals surface area (Å²) in [4.78, 5) is 16.2. The Bertz CT molecular complexity index is 1160. The highest BCUT2D eigenvalue weighted by Crippen LogP contribution is 2.39. The van der Waals surface area contributed by atoms with Crippen molar-refractivity contribution in [1.82, 2.24) is 15.2 Å². The Balaban J connectivity index is 1.62. The van der Waals surface area contributed by atoms with Gasteiger partial charge in [-0.1, -0.05) is 11.6 Å². The molecule has 0 atom stereocenters. The zero-order valence-electron chi connectivity index (χ0n) is 16.3. The van der Waals surface area contributed by atoms with Gasteiger partial charge in [0, 0.05) is 17.7 Å². The predicted molar refractivity (Wildman–Crippen MR) is 114 cm³/mol. The zero-order chi connectivity index (χ0) is 22.0. The van der Waals surface area contributed by atoms with Gasteiger partial charge in [0.1, 0.15) is 16.4 Å². The van der Waals surface area contributed by atoms with E-state index < -0.39 is 5.97 Å². The maximum atomic E-state index is 11.8. The van der Waals surface area contributed by atoms with E-state index in [-0.39, 0.29) is 16.9 Å². The minimum atomic E-state index is -1.15. The van der Waals surface area contributed by atoms with Crippen LogP contribution in [0.4, 0.5) is 0 Å². The molecule has 0 fully saturated rings. The molecule has 31 heavy (non-hydrogen) atoms. The van der Waals surface area contributed by atoms with Gasteiger partial charge in [0.2, 0.25) is 11.9 Å². The third-order valence-electron chi connectivity index (χ3n) is 4.28. The Morgan fingerprint density at radius 3 is 2.48 bits per heavy atom. The van der Waals surface area contributed by atoms with Gasteiger partial charge in [-0.25, -0.2) is 9.78 Å². The molecule has 0 saturated heterocycles. The molecule has 3 aromatic rings. The molecule has 0 bridgehead atoms. The number of hydrogen-bond acceptors (Lipinski definition) is 8. The van der Waals surface area contributed by atoms with Crippen LogP contribution in [0, 0.1) is 0 Å². The van der Waals surface area contributed by atoms with Crippen molar-refractivity contribution in [2.45, 2.75) is 5.16 Å². The maximum Gasteiger partial charge on any atom is 0.342 e. The van der Waals surface area contributed by atoms with Crippen molar-refractivity contribution < 1.29 is 28.8 Å². The van der Waals surface area contributed by atoms with Gasteiger partial charge in [-0.3, -0.25) is 5.10 Å². The molecule has 1 aliphatic rings. The molecule has 11 heteroatoms. The molecule has 4 rings (SSSR count). The van der Waals surface area contributed by atoms with E-state index in [2.05, 4.69) is 15.2 Å². The molecular weight excluding hydrogens is 446 g/mol. The number of aromatic nitrogens is 3. The van der Waals surface area contributed by atoms with Crippen LogP contribution in [0.5, 0.6) is 23.0 Å². The molecule has 9 nitrogen and oxygen atoms in total. The summed E-state index contributed by atoms with van der Waals surface area (Å²) in [6.45, 7) is 0.0917. The van der Waals surface area contributed by atoms with Crippen LogP contribution in [0.25, 0.3) is 17.5 Å². The number of thioether (sulfide) groups is 1. The number of methoxy groups -OCH3 is 2. The second-order valence-electron chi connectivity index (χ2n) is 6.21. The van der Waals surface area contributed by atoms with Gasteiger partial charge in [-0.2, -0.15) is 0 Å². The highest BCUT2D eigenvalue weighted by atomic mass is 35.5. The molecule has 0 aliphatic carbocycles. The molecule has 2 heterocycles. The van der Waals surface area contributed by atoms with E-state index in [0.29, 0.717) is 45.0 Å². The predicted octanol–water partition coefficient (Wildman–Crippen LogP) is 4.09. The average molecular weight is 462 g/mol. The highest BCUT2D eigenvalue weighted by molar-refractivity contribution is 8.04. The van der Waals surface area contributed by atoms with Crippen molar-refractivity contribution in [2.24, 2.45) is 0 Å². The van der Waals surface area contributed by atoms with Crippen molar-refractivity contribution in [3.8, 4) is 34.4 Å². The lowest BCUT2D eigenvalue weighted by molar-refractivity contribution is -0.131. The van der Waals surface area contributed by atoms with Gasteiger partial charge < -0.3 is 24.1 Å². The lowest BCUT2D eigenvalue weighted by atomic mass is 10.2. The van der Waals surface area contributed by atoms with E-state index >= 15 is 0 Å². The van der Waals surface area contributed by atoms with Crippen LogP contribution in [0.3, 0.4) is 0 Å². The van der Waals surface area contributed by atoms with E-state index in [1.54, 1.807) is 44.6 Å². The molecule has 0 radical (unpaired) electrons. The number of benzene rings is 2. The van der Waals surface area contributed by atoms with E-state index in [1.165, 1.54) is 6.08 Å². The van der Waals surface area contributed by atoms with Crippen LogP contribution in [0.2, 0.25) is 5.02 Å². The van der Waals surface area contributed by atoms with Gasteiger partial charge in [0.15, 0.2) is 17.3 Å². The largest absolute Gasteiger partial charge is 0.497 e. The summed E-state index contributed by atoms with van der Waals surface area (Å²) >= 11 is 7.14. The van der Waals surface area contributed by atoms with E-state index in [4.69, 9.17) is 30.5 Å². The van der Waals surface area contributed by atoms with Crippen LogP contribution in [0.1, 0.15) is 5.56 Å². The first-order chi connectivity index (χ1) is 15.0. The molecule has 2 N–H and O–H groups in total. The standard InChI is InChI=1S/C20H16ClN3O6S/c1-27-12-3-11(4-13(7-12)28-2)18-22-20(24-23-18)31-17(19(25)26)6-10-5-15-16(8-14(10)21)30-9-29-15/h3-8H,9H2,1-2H3,(H,25,26)(H,22,23,24)/b17-6-. The molecule has 1 aromatic heterocycles. The molecule has 0 unspecified atom stereocenters. The van der Waals surface area contributed by atoms with Crippen LogP contribution in [-0.2, 0) is 4.79 Å². The molecule has 160 valence electrons. The smallest absolute Gasteiger partial charge is 0.342 e. The summed E-state index contributed by atoms with van der Waals surface area (Å²) in [5.74, 6) is 1.47. The molecule has 0 saturated carbocycles. The van der Waals surface area contributed by atoms with Gasteiger partial charge in [0.25, 0.3) is 0 Å². The average Bonchev–Trinajstić information content (AvgIpc) is 3.42. The minimum Gasteiger partial charge on any atom is -0.497 e. The summed E-state index contributed by atoms with van der Waals surface area (Å²) in [6, 6.07) is 8.46. The number of H-pyrrole nitrogens is 1. The number of nitrogens with zero attached hydrogens (tertiary/aromatic N) is 2. The zero-order valence-corrected chi connectivity index (χ0v) is 17.9. The van der Waals surface area contributed by atoms with Gasteiger partial charge >= 0.3 is 5.97 Å². The summed E-state index contributed by atoms with van der Waals surface area (Å²) in [7, 11) is 3.09. The third-order valence-corrected chi connectivity index (χ3v) is 5.49. The van der Waals surface area contributed by atoms with Crippen molar-refractivity contribution in [2.75, 3.05) is 21.0 Å². The number of carboxylic acid groups (broad SMARTS) is 1. The number of rotatable bonds is 7. The fourth-order valence-electron chi connectivity index (χ4n) is 2.78. The van der Waals surface area contributed by atoms with Crippen LogP contribution >= 0.6 is 23.4 Å². The summed E-state index contributed by atoms with van der Waals surface area (Å²) < 4.78 is 21.1. The quantitative estimate of drug-likeness (QED) is 0.396. The lowest BCUT2D eigenvalue weighted by Crippen LogP contribution is -1.97. The Labute approximate surface area is 185 Å². The van der Waals surface area contributed by atoms with E-state index in [0.717, 1.165) is 11.8 Å². The maximum absolute atomic E-state index is 11.8. The van der Waals surface area contributed by atoms with Crippen molar-refractivity contribution in [3.05, 3.63) is 45.8 Å². The number of carboxylic acids is 1. The normalized spacial score (nSPS) is 12.7. The van der Waals surface area contributed by atoms with Crippen molar-refractivity contribution in [1.29, 1.82) is 0 Å². The SMILES string of the molecule is COc1cc(OC)cc(-c2nc(S/C(=C\c3cc4c(cc3Cl)OCO4)C(=O)O)n[nH]2)c1. The second-order valence-corrected chi connectivity index (χ2v) is 7.63. The van der Waals surface area contributed by atoms with E-state index in [1.807, 2.05) is 0 Å². The fourth-order valence-corrected chi connectivity index (χ4v) is 3.69. The summed E-state index contributed by atoms with van der Waals surface area (Å²) in [5.41, 5.74) is 1.15. The monoisotopic (exact) mass is 461 g/mol. The van der Waals surface area contributed by atoms with Crippen LogP contribution in [0.15, 0.2) is 40.4 Å². The third kappa shape index (κ3) is 4.54. The number of hydrogen-bond donors (Lipinski definition) is 2. The van der Waals surface area contributed by atoms with Crippen LogP contribution < -0.4 is 18.9 Å². The first-order valence-electron chi connectivity index (χ1n) is 8.84. The fraction of sp³-hybridized carbons (Fsp3) is 0.150. The van der Waals surface area contributed by atoms with Gasteiger partial charge in [-0.15, -0.1) is 5.10 Å². The topological polar surface area (TPSA) is 116 Å². The molecular formula is C20H16ClN3O6S. The first kappa shape index (κ1) is 20.9. The van der Waals surface area contributed by atoms with Crippen molar-refractivity contribution >= 4 is 35.4 Å². The van der Waals surface area contributed by atoms with Gasteiger partial charge in [-0.05, 0) is 41.6 Å². The molecule has 2 aromatic carbocycles. The number of aromatic amines is 1. The summed E-state index contributed by atoms with van der Waals surface area (Å²) in [5, 5.41) is 17.1. The number of fused-ring (bicyclic) bond motifs is 1. The lowest BCUT2D eigenvalue weighted by Gasteiger charge is -2.06. The number of halogens is 1. The Hall–Kier alpha value is -3.37. The molecule has 1 aliphatic heterocycles. The minimum absolute atomic E-state index is 0.0189. The number of nitrogens with one attached hydrogen (secondary N) is 1. The Kier molecular flexibility index (Phi) is 5.92. The Morgan fingerprint density at radius 2 is 1.84 bits per heavy atom. The first-order valence-corrected chi connectivity index (χ1v) is 10.0. The van der Waals surface area contributed by atoms with E-state index in [9.17, 15) is 9.90 Å². The number of aliphatic carboxylic acids is 1. The highest BCUT2D eigenvalue weighted by Gasteiger charge is 2.19. The molecule has 0 amide bonds. The van der Waals surface area contributed by atoms with Crippen molar-refractivity contribution in [3.63, 3.8) is 0 Å². The number of ether oxygens (including phenoxy) is 4. The summed E-state index contributed by atoms with van der Waals surface area (Å²) in [6.07, 6.45) is 1.43. The Morgan fingerprint density at radius 1 is 1.16 bits per heavy atom. The number of carbonyl (C=O) groups is 1. The second kappa shape index (κ2) is 8.78. The molecule has 0 spiro atoms. The van der Waals surface area contributed by atoms with Crippen LogP contribution in [-0.4, -0.2) is 47.3 Å². The van der Waals surface area contributed by atoms with Gasteiger partial charge in [0.05, 0.1) is 19.2 Å².